The predicted octanol–water partition coefficient (Wildman–Crippen LogP) is 17.2. The van der Waals surface area contributed by atoms with E-state index >= 15 is 0 Å². The predicted molar refractivity (Wildman–Crippen MR) is 405 cm³/mol. The van der Waals surface area contributed by atoms with Gasteiger partial charge in [0, 0.05) is 50.1 Å². The normalized spacial score (nSPS) is 12.4. The first-order valence-corrected chi connectivity index (χ1v) is 36.7. The van der Waals surface area contributed by atoms with E-state index in [1.54, 1.807) is 88.8 Å². The first-order valence-electron chi connectivity index (χ1n) is 36.7. The Balaban J connectivity index is -0.000000150. The van der Waals surface area contributed by atoms with Crippen LogP contribution in [-0.4, -0.2) is 151 Å². The number of rotatable bonds is 10. The summed E-state index contributed by atoms with van der Waals surface area (Å²) in [5.74, 6) is 4.76. The van der Waals surface area contributed by atoms with Crippen LogP contribution in [0.4, 0.5) is 0 Å². The van der Waals surface area contributed by atoms with Gasteiger partial charge in [-0.15, -0.1) is 35.7 Å². The first-order chi connectivity index (χ1) is 46.8. The molecule has 0 spiro atoms. The quantitative estimate of drug-likeness (QED) is 0.120. The monoisotopic (exact) mass is 1390 g/mol. The van der Waals surface area contributed by atoms with Crippen LogP contribution in [0.2, 0.25) is 0 Å². The molecule has 2 N–H and O–H groups in total. The fourth-order valence-corrected chi connectivity index (χ4v) is 6.21. The van der Waals surface area contributed by atoms with Gasteiger partial charge in [-0.1, -0.05) is 171 Å². The van der Waals surface area contributed by atoms with Crippen molar-refractivity contribution in [2.24, 2.45) is 24.8 Å². The molecule has 28 nitrogen and oxygen atoms in total. The van der Waals surface area contributed by atoms with Crippen LogP contribution in [-0.2, 0) is 16.5 Å². The summed E-state index contributed by atoms with van der Waals surface area (Å²) >= 11 is 0. The average Bonchev–Trinajstić information content (AvgIpc) is 2.56. The van der Waals surface area contributed by atoms with Crippen molar-refractivity contribution in [3.05, 3.63) is 86.3 Å². The lowest BCUT2D eigenvalue weighted by Crippen LogP contribution is -2.36. The third-order valence-corrected chi connectivity index (χ3v) is 11.6. The van der Waals surface area contributed by atoms with E-state index in [4.69, 9.17) is 9.47 Å². The van der Waals surface area contributed by atoms with Crippen LogP contribution in [0.3, 0.4) is 0 Å². The summed E-state index contributed by atoms with van der Waals surface area (Å²) in [6.07, 6.45) is 23.1. The maximum atomic E-state index is 5.41. The number of aromatic amines is 2. The Labute approximate surface area is 597 Å². The van der Waals surface area contributed by atoms with E-state index in [9.17, 15) is 0 Å². The summed E-state index contributed by atoms with van der Waals surface area (Å²) in [4.78, 5) is 12.4. The maximum absolute atomic E-state index is 5.41. The molecule has 0 bridgehead atoms. The van der Waals surface area contributed by atoms with E-state index in [1.807, 2.05) is 175 Å². The van der Waals surface area contributed by atoms with Crippen LogP contribution < -0.4 is 4.68 Å². The second-order valence-corrected chi connectivity index (χ2v) is 22.2. The molecule has 0 radical (unpaired) electrons. The molecular weight excluding hydrogens is 1240 g/mol. The highest BCUT2D eigenvalue weighted by molar-refractivity contribution is 4.96. The highest BCUT2D eigenvalue weighted by atomic mass is 16.5. The zero-order chi connectivity index (χ0) is 77.6. The highest BCUT2D eigenvalue weighted by Crippen LogP contribution is 2.21. The Hall–Kier alpha value is -7.10. The number of aryl methyl sites for hydroxylation is 2. The van der Waals surface area contributed by atoms with Gasteiger partial charge in [0.2, 0.25) is 6.33 Å². The lowest BCUT2D eigenvalue weighted by atomic mass is 9.96. The SMILES string of the molecule is CC.CC.CC.CC.CC.CC.CC.CC.CC(C)C1CCCO1.CC(C)C1CCOC1.CC(C)[n+]1cnc[nH]1.CC(C)c1cn[nH]n1.CC(C)c1nnn(C)n1.CC(C)n1ccnn1.CC(C)n1cncn1.CC(C)n1cnnc1.CC(C)n1nccn1.Cc1nnn(C(C)C)n1. The van der Waals surface area contributed by atoms with Crippen molar-refractivity contribution < 1.29 is 14.2 Å². The van der Waals surface area contributed by atoms with E-state index in [0.29, 0.717) is 54.2 Å². The number of ether oxygens (including phenoxy) is 2. The minimum atomic E-state index is 0.311. The molecule has 10 heterocycles. The van der Waals surface area contributed by atoms with E-state index in [2.05, 4.69) is 194 Å². The van der Waals surface area contributed by atoms with Gasteiger partial charge in [-0.05, 0) is 148 Å². The fraction of sp³-hybridized carbons (Fsp3) is 0.800. The molecule has 2 saturated heterocycles. The van der Waals surface area contributed by atoms with Gasteiger partial charge in [0.25, 0.3) is 0 Å². The third-order valence-electron chi connectivity index (χ3n) is 11.6. The molecule has 2 atom stereocenters. The van der Waals surface area contributed by atoms with Crippen LogP contribution in [0.1, 0.15) is 334 Å². The number of nitrogens with zero attached hydrogens (tertiary/aromatic N) is 24. The van der Waals surface area contributed by atoms with Gasteiger partial charge < -0.3 is 14.0 Å². The molecule has 8 aromatic rings. The summed E-state index contributed by atoms with van der Waals surface area (Å²) in [5.41, 5.74) is 1.02. The first kappa shape index (κ1) is 107. The minimum absolute atomic E-state index is 0.311. The van der Waals surface area contributed by atoms with E-state index in [-0.39, 0.29) is 0 Å². The lowest BCUT2D eigenvalue weighted by Gasteiger charge is -2.11. The van der Waals surface area contributed by atoms with Gasteiger partial charge in [-0.2, -0.15) is 54.9 Å². The number of tetrazole rings is 2. The molecule has 0 aliphatic carbocycles. The molecule has 0 saturated carbocycles. The highest BCUT2D eigenvalue weighted by Gasteiger charge is 2.19. The van der Waals surface area contributed by atoms with Crippen LogP contribution in [0.5, 0.6) is 0 Å². The third kappa shape index (κ3) is 60.1. The molecule has 10 rings (SSSR count). The number of nitrogens with one attached hydrogen (secondary N) is 2. The molecule has 2 aliphatic heterocycles. The summed E-state index contributed by atoms with van der Waals surface area (Å²) in [6.45, 7) is 78.7. The summed E-state index contributed by atoms with van der Waals surface area (Å²) in [7, 11) is 1.76. The van der Waals surface area contributed by atoms with Crippen molar-refractivity contribution >= 4 is 0 Å². The van der Waals surface area contributed by atoms with Crippen molar-refractivity contribution in [3.63, 3.8) is 0 Å². The van der Waals surface area contributed by atoms with Crippen LogP contribution in [0.25, 0.3) is 0 Å². The van der Waals surface area contributed by atoms with Crippen molar-refractivity contribution in [2.45, 2.75) is 330 Å². The maximum Gasteiger partial charge on any atom is 0.306 e. The summed E-state index contributed by atoms with van der Waals surface area (Å²) < 4.78 is 18.1. The Morgan fingerprint density at radius 2 is 1.08 bits per heavy atom. The molecule has 0 aromatic carbocycles. The summed E-state index contributed by atoms with van der Waals surface area (Å²) in [5, 5.41) is 62.6. The standard InChI is InChI=1S/2C7H14O.2C5H10N4.6C5H9N3.8C2H6/c1-6(2)7-3-4-8-5-7;1-6(2)7-4-3-5-8-7;1-4(2)5-6-8-9(3)7-5;1-4(2)9-7-5(3)6-8-9;1-5(2)8-3-6-7-4-8;2*1-5(2)8-4-6-3-7-8;1-5(2)8-4-3-6-7-8;1-5(2)8-6-3-4-7-8;1-4(2)5-3-6-8-7-5;8*1-2/h2*6-7H,3-5H2,1-2H3;2*4H,1-3H3;5*3-5H,1-2H3;3-4H,1-2H3,(H,6,7,8);8*1-2H3/p+1. The van der Waals surface area contributed by atoms with Gasteiger partial charge in [0.15, 0.2) is 11.6 Å². The van der Waals surface area contributed by atoms with E-state index in [0.717, 1.165) is 54.9 Å². The molecule has 0 amide bonds. The topological polar surface area (TPSA) is 303 Å². The zero-order valence-electron chi connectivity index (χ0n) is 69.6. The van der Waals surface area contributed by atoms with Crippen molar-refractivity contribution in [1.82, 2.24) is 125 Å². The second-order valence-electron chi connectivity index (χ2n) is 22.2. The van der Waals surface area contributed by atoms with Gasteiger partial charge >= 0.3 is 6.33 Å². The van der Waals surface area contributed by atoms with Crippen LogP contribution in [0, 0.1) is 24.7 Å². The second kappa shape index (κ2) is 75.7. The molecule has 98 heavy (non-hydrogen) atoms. The smallest absolute Gasteiger partial charge is 0.306 e. The molecule has 2 aliphatic rings. The van der Waals surface area contributed by atoms with Gasteiger partial charge in [0.05, 0.1) is 55.7 Å². The minimum Gasteiger partial charge on any atom is -0.381 e. The molecular formula is C70H151N26O2+. The lowest BCUT2D eigenvalue weighted by molar-refractivity contribution is -0.768. The largest absolute Gasteiger partial charge is 0.381 e. The van der Waals surface area contributed by atoms with Gasteiger partial charge in [-0.25, -0.2) is 4.98 Å². The van der Waals surface area contributed by atoms with Gasteiger partial charge in [-0.3, -0.25) is 9.36 Å². The van der Waals surface area contributed by atoms with E-state index < -0.39 is 0 Å². The molecule has 2 fully saturated rings. The van der Waals surface area contributed by atoms with Crippen LogP contribution >= 0.6 is 0 Å². The Kier molecular flexibility index (Phi) is 82.5. The van der Waals surface area contributed by atoms with Crippen molar-refractivity contribution in [2.75, 3.05) is 19.8 Å². The number of H-pyrrole nitrogens is 2. The molecule has 572 valence electrons. The summed E-state index contributed by atoms with van der Waals surface area (Å²) in [6, 6.07) is 2.51. The fourth-order valence-electron chi connectivity index (χ4n) is 6.21. The molecule has 2 unspecified atom stereocenters. The number of hydrogen-bond donors (Lipinski definition) is 2. The van der Waals surface area contributed by atoms with Gasteiger partial charge in [0.1, 0.15) is 31.4 Å². The van der Waals surface area contributed by atoms with Crippen molar-refractivity contribution in [1.29, 1.82) is 0 Å². The van der Waals surface area contributed by atoms with Crippen molar-refractivity contribution in [3.8, 4) is 0 Å². The average molecular weight is 1390 g/mol. The zero-order valence-corrected chi connectivity index (χ0v) is 69.6. The Bertz CT molecular complexity index is 2200. The number of hydrogen-bond acceptors (Lipinski definition) is 19. The van der Waals surface area contributed by atoms with E-state index in [1.165, 1.54) is 24.1 Å². The Morgan fingerprint density at radius 3 is 1.29 bits per heavy atom. The Morgan fingerprint density at radius 1 is 0.531 bits per heavy atom. The van der Waals surface area contributed by atoms with Crippen LogP contribution in [0.15, 0.2) is 68.9 Å². The number of aromatic nitrogens is 26. The molecule has 28 heteroatoms. The molecule has 8 aromatic heterocycles.